The highest BCUT2D eigenvalue weighted by Gasteiger charge is 2.27. The molecule has 25 heavy (non-hydrogen) atoms. The molecule has 0 N–H and O–H groups in total. The third-order valence-corrected chi connectivity index (χ3v) is 5.62. The molecule has 1 unspecified atom stereocenters. The van der Waals surface area contributed by atoms with Crippen LogP contribution in [0.25, 0.3) is 0 Å². The Morgan fingerprint density at radius 1 is 1.28 bits per heavy atom. The standard InChI is InChI=1S/C19H27N3O3/c23-19(21-5-1-2-6-21)14-25-12-16-10-20-9-15-11-22(7-3-18(15)16)17-4-8-24-13-17/h9-10,17H,1-8,11-14H2. The lowest BCUT2D eigenvalue weighted by molar-refractivity contribution is -0.135. The van der Waals surface area contributed by atoms with E-state index in [0.717, 1.165) is 70.6 Å². The van der Waals surface area contributed by atoms with E-state index >= 15 is 0 Å². The SMILES string of the molecule is O=C(COCc1cncc2c1CCN(C1CCOC1)C2)N1CCCC1. The van der Waals surface area contributed by atoms with E-state index in [9.17, 15) is 4.79 Å². The van der Waals surface area contributed by atoms with E-state index in [1.165, 1.54) is 11.1 Å². The molecule has 3 aliphatic heterocycles. The second-order valence-corrected chi connectivity index (χ2v) is 7.25. The molecule has 4 rings (SSSR count). The first kappa shape index (κ1) is 16.9. The highest BCUT2D eigenvalue weighted by molar-refractivity contribution is 5.77. The molecular weight excluding hydrogens is 318 g/mol. The molecule has 0 spiro atoms. The predicted molar refractivity (Wildman–Crippen MR) is 93.0 cm³/mol. The van der Waals surface area contributed by atoms with Crippen LogP contribution in [-0.4, -0.2) is 66.2 Å². The number of ether oxygens (including phenoxy) is 2. The minimum absolute atomic E-state index is 0.114. The lowest BCUT2D eigenvalue weighted by Gasteiger charge is -2.33. The summed E-state index contributed by atoms with van der Waals surface area (Å²) in [6, 6.07) is 0.547. The van der Waals surface area contributed by atoms with Crippen molar-refractivity contribution in [3.05, 3.63) is 29.1 Å². The van der Waals surface area contributed by atoms with E-state index in [1.54, 1.807) is 0 Å². The van der Waals surface area contributed by atoms with Gasteiger partial charge in [-0.3, -0.25) is 14.7 Å². The maximum atomic E-state index is 12.1. The Labute approximate surface area is 149 Å². The number of pyridine rings is 1. The Kier molecular flexibility index (Phi) is 5.29. The van der Waals surface area contributed by atoms with Crippen molar-refractivity contribution in [2.24, 2.45) is 0 Å². The minimum atomic E-state index is 0.114. The summed E-state index contributed by atoms with van der Waals surface area (Å²) in [4.78, 5) is 20.9. The van der Waals surface area contributed by atoms with Gasteiger partial charge in [0.05, 0.1) is 13.2 Å². The Morgan fingerprint density at radius 2 is 2.16 bits per heavy atom. The lowest BCUT2D eigenvalue weighted by atomic mass is 9.96. The van der Waals surface area contributed by atoms with Crippen molar-refractivity contribution >= 4 is 5.91 Å². The number of likely N-dealkylation sites (tertiary alicyclic amines) is 1. The maximum absolute atomic E-state index is 12.1. The summed E-state index contributed by atoms with van der Waals surface area (Å²) in [5.41, 5.74) is 3.79. The normalized spacial score (nSPS) is 23.8. The Morgan fingerprint density at radius 3 is 2.96 bits per heavy atom. The topological polar surface area (TPSA) is 54.9 Å². The minimum Gasteiger partial charge on any atom is -0.380 e. The Balaban J connectivity index is 1.34. The zero-order valence-electron chi connectivity index (χ0n) is 14.8. The Hall–Kier alpha value is -1.50. The average Bonchev–Trinajstić information content (AvgIpc) is 3.35. The fourth-order valence-electron chi connectivity index (χ4n) is 4.14. The van der Waals surface area contributed by atoms with Gasteiger partial charge in [0.1, 0.15) is 6.61 Å². The third kappa shape index (κ3) is 3.86. The van der Waals surface area contributed by atoms with E-state index in [1.807, 2.05) is 17.3 Å². The molecular formula is C19H27N3O3. The molecule has 1 amide bonds. The smallest absolute Gasteiger partial charge is 0.248 e. The fraction of sp³-hybridized carbons (Fsp3) is 0.684. The summed E-state index contributed by atoms with van der Waals surface area (Å²) in [7, 11) is 0. The fourth-order valence-corrected chi connectivity index (χ4v) is 4.14. The second kappa shape index (κ2) is 7.81. The molecule has 2 fully saturated rings. The highest BCUT2D eigenvalue weighted by Crippen LogP contribution is 2.25. The van der Waals surface area contributed by atoms with Gasteiger partial charge in [0.2, 0.25) is 5.91 Å². The van der Waals surface area contributed by atoms with E-state index in [0.29, 0.717) is 12.6 Å². The second-order valence-electron chi connectivity index (χ2n) is 7.25. The van der Waals surface area contributed by atoms with Crippen molar-refractivity contribution in [2.45, 2.75) is 44.9 Å². The number of nitrogens with zero attached hydrogens (tertiary/aromatic N) is 3. The van der Waals surface area contributed by atoms with Crippen LogP contribution in [0.2, 0.25) is 0 Å². The van der Waals surface area contributed by atoms with Crippen LogP contribution in [0, 0.1) is 0 Å². The summed E-state index contributed by atoms with van der Waals surface area (Å²) in [6.07, 6.45) is 8.26. The van der Waals surface area contributed by atoms with Crippen molar-refractivity contribution < 1.29 is 14.3 Å². The van der Waals surface area contributed by atoms with Crippen molar-refractivity contribution in [1.29, 1.82) is 0 Å². The number of carbonyl (C=O) groups excluding carboxylic acids is 1. The number of aromatic nitrogens is 1. The van der Waals surface area contributed by atoms with Gasteiger partial charge in [-0.15, -0.1) is 0 Å². The first-order valence-electron chi connectivity index (χ1n) is 9.43. The van der Waals surface area contributed by atoms with Gasteiger partial charge in [-0.25, -0.2) is 0 Å². The molecule has 136 valence electrons. The molecule has 6 heteroatoms. The summed E-state index contributed by atoms with van der Waals surface area (Å²) in [5.74, 6) is 0.114. The van der Waals surface area contributed by atoms with Gasteiger partial charge in [-0.05, 0) is 42.4 Å². The molecule has 0 saturated carbocycles. The summed E-state index contributed by atoms with van der Waals surface area (Å²) >= 11 is 0. The van der Waals surface area contributed by atoms with Gasteiger partial charge in [-0.2, -0.15) is 0 Å². The number of amides is 1. The highest BCUT2D eigenvalue weighted by atomic mass is 16.5. The zero-order valence-corrected chi connectivity index (χ0v) is 14.8. The Bertz CT molecular complexity index is 610. The van der Waals surface area contributed by atoms with E-state index < -0.39 is 0 Å². The molecule has 0 radical (unpaired) electrons. The monoisotopic (exact) mass is 345 g/mol. The van der Waals surface area contributed by atoms with Crippen LogP contribution in [0.3, 0.4) is 0 Å². The quantitative estimate of drug-likeness (QED) is 0.807. The zero-order chi connectivity index (χ0) is 17.1. The lowest BCUT2D eigenvalue weighted by Crippen LogP contribution is -2.40. The molecule has 1 atom stereocenters. The van der Waals surface area contributed by atoms with Gasteiger partial charge < -0.3 is 14.4 Å². The van der Waals surface area contributed by atoms with E-state index in [4.69, 9.17) is 9.47 Å². The first-order chi connectivity index (χ1) is 12.3. The summed E-state index contributed by atoms with van der Waals surface area (Å²) < 4.78 is 11.2. The number of hydrogen-bond acceptors (Lipinski definition) is 5. The average molecular weight is 345 g/mol. The summed E-state index contributed by atoms with van der Waals surface area (Å²) in [6.45, 7) is 6.14. The van der Waals surface area contributed by atoms with Gasteiger partial charge in [0, 0.05) is 51.2 Å². The molecule has 0 aliphatic carbocycles. The largest absolute Gasteiger partial charge is 0.380 e. The molecule has 3 aliphatic rings. The molecule has 4 heterocycles. The van der Waals surface area contributed by atoms with E-state index in [-0.39, 0.29) is 12.5 Å². The first-order valence-corrected chi connectivity index (χ1v) is 9.43. The molecule has 6 nitrogen and oxygen atoms in total. The van der Waals surface area contributed by atoms with Gasteiger partial charge in [0.25, 0.3) is 0 Å². The van der Waals surface area contributed by atoms with Crippen LogP contribution in [0.1, 0.15) is 36.0 Å². The number of carbonyl (C=O) groups is 1. The third-order valence-electron chi connectivity index (χ3n) is 5.62. The number of fused-ring (bicyclic) bond motifs is 1. The number of hydrogen-bond donors (Lipinski definition) is 0. The summed E-state index contributed by atoms with van der Waals surface area (Å²) in [5, 5.41) is 0. The van der Waals surface area contributed by atoms with Crippen LogP contribution in [0.5, 0.6) is 0 Å². The van der Waals surface area contributed by atoms with Crippen LogP contribution >= 0.6 is 0 Å². The molecule has 0 bridgehead atoms. The number of rotatable bonds is 5. The van der Waals surface area contributed by atoms with Crippen LogP contribution < -0.4 is 0 Å². The maximum Gasteiger partial charge on any atom is 0.248 e. The van der Waals surface area contributed by atoms with Crippen LogP contribution in [0.15, 0.2) is 12.4 Å². The van der Waals surface area contributed by atoms with Crippen LogP contribution in [-0.2, 0) is 33.8 Å². The van der Waals surface area contributed by atoms with E-state index in [2.05, 4.69) is 9.88 Å². The van der Waals surface area contributed by atoms with Crippen molar-refractivity contribution in [3.63, 3.8) is 0 Å². The van der Waals surface area contributed by atoms with Crippen molar-refractivity contribution in [1.82, 2.24) is 14.8 Å². The molecule has 1 aromatic heterocycles. The molecule has 0 aromatic carbocycles. The molecule has 1 aromatic rings. The van der Waals surface area contributed by atoms with Gasteiger partial charge in [-0.1, -0.05) is 0 Å². The van der Waals surface area contributed by atoms with Crippen molar-refractivity contribution in [3.8, 4) is 0 Å². The predicted octanol–water partition coefficient (Wildman–Crippen LogP) is 1.37. The van der Waals surface area contributed by atoms with Gasteiger partial charge >= 0.3 is 0 Å². The van der Waals surface area contributed by atoms with Crippen molar-refractivity contribution in [2.75, 3.05) is 39.5 Å². The molecule has 2 saturated heterocycles. The van der Waals surface area contributed by atoms with Gasteiger partial charge in [0.15, 0.2) is 0 Å². The van der Waals surface area contributed by atoms with Crippen LogP contribution in [0.4, 0.5) is 0 Å².